The maximum absolute atomic E-state index is 13.9. The van der Waals surface area contributed by atoms with Gasteiger partial charge in [0.05, 0.1) is 40.2 Å². The highest BCUT2D eigenvalue weighted by atomic mass is 35.5. The van der Waals surface area contributed by atoms with E-state index in [0.29, 0.717) is 55.6 Å². The molecule has 0 saturated heterocycles. The van der Waals surface area contributed by atoms with Crippen LogP contribution in [0, 0.1) is 12.7 Å². The van der Waals surface area contributed by atoms with Crippen LogP contribution in [0.1, 0.15) is 16.2 Å². The van der Waals surface area contributed by atoms with Crippen LogP contribution < -0.4 is 16.2 Å². The molecule has 36 heavy (non-hydrogen) atoms. The molecule has 5 rings (SSSR count). The maximum Gasteiger partial charge on any atom is 0.333 e. The fourth-order valence-corrected chi connectivity index (χ4v) is 4.48. The molecule has 5 aromatic rings. The third-order valence-corrected chi connectivity index (χ3v) is 6.41. The number of aromatic amines is 1. The van der Waals surface area contributed by atoms with Crippen LogP contribution in [0.3, 0.4) is 0 Å². The lowest BCUT2D eigenvalue weighted by Crippen LogP contribution is -2.21. The van der Waals surface area contributed by atoms with Crippen molar-refractivity contribution in [1.29, 1.82) is 0 Å². The first-order valence-corrected chi connectivity index (χ1v) is 11.3. The minimum Gasteiger partial charge on any atom is -0.497 e. The van der Waals surface area contributed by atoms with Crippen molar-refractivity contribution in [2.75, 3.05) is 7.11 Å². The van der Waals surface area contributed by atoms with Gasteiger partial charge in [-0.25, -0.2) is 14.2 Å². The van der Waals surface area contributed by atoms with E-state index in [4.69, 9.17) is 22.1 Å². The molecule has 3 N–H and O–H groups in total. The molecule has 0 aliphatic rings. The molecule has 10 heteroatoms. The number of amides is 1. The molecule has 0 bridgehead atoms. The Hall–Kier alpha value is -4.37. The predicted molar refractivity (Wildman–Crippen MR) is 136 cm³/mol. The maximum atomic E-state index is 13.9. The van der Waals surface area contributed by atoms with E-state index in [-0.39, 0.29) is 17.3 Å². The van der Waals surface area contributed by atoms with Crippen molar-refractivity contribution >= 4 is 28.5 Å². The van der Waals surface area contributed by atoms with Gasteiger partial charge in [0.15, 0.2) is 5.82 Å². The van der Waals surface area contributed by atoms with E-state index in [1.165, 1.54) is 22.3 Å². The Morgan fingerprint density at radius 2 is 1.83 bits per heavy atom. The average molecular weight is 506 g/mol. The molecule has 0 spiro atoms. The molecular weight excluding hydrogens is 485 g/mol. The number of nitrogens with one attached hydrogen (secondary N) is 1. The molecule has 0 unspecified atom stereocenters. The van der Waals surface area contributed by atoms with Gasteiger partial charge in [-0.2, -0.15) is 0 Å². The van der Waals surface area contributed by atoms with E-state index < -0.39 is 5.91 Å². The summed E-state index contributed by atoms with van der Waals surface area (Å²) in [4.78, 5) is 32.5. The summed E-state index contributed by atoms with van der Waals surface area (Å²) in [6, 6.07) is 15.1. The third-order valence-electron chi connectivity index (χ3n) is 6.11. The minimum absolute atomic E-state index is 0.0291. The number of hydrogen-bond acceptors (Lipinski definition) is 4. The van der Waals surface area contributed by atoms with Gasteiger partial charge in [-0.05, 0) is 55.0 Å². The minimum atomic E-state index is -0.727. The van der Waals surface area contributed by atoms with Crippen LogP contribution in [0.4, 0.5) is 4.39 Å². The number of carbonyl (C=O) groups is 1. The smallest absolute Gasteiger partial charge is 0.333 e. The predicted octanol–water partition coefficient (Wildman–Crippen LogP) is 4.59. The van der Waals surface area contributed by atoms with Crippen LogP contribution in [0.25, 0.3) is 39.2 Å². The Balaban J connectivity index is 1.71. The molecule has 0 fully saturated rings. The number of methoxy groups -OCH3 is 1. The van der Waals surface area contributed by atoms with E-state index in [0.717, 1.165) is 0 Å². The van der Waals surface area contributed by atoms with Crippen molar-refractivity contribution in [3.05, 3.63) is 87.3 Å². The summed E-state index contributed by atoms with van der Waals surface area (Å²) in [5, 5.41) is 0.363. The van der Waals surface area contributed by atoms with Crippen LogP contribution in [0.2, 0.25) is 5.02 Å². The number of aryl methyl sites for hydroxylation is 2. The fourth-order valence-electron chi connectivity index (χ4n) is 4.22. The summed E-state index contributed by atoms with van der Waals surface area (Å²) in [6.07, 6.45) is 0. The van der Waals surface area contributed by atoms with Gasteiger partial charge in [0.2, 0.25) is 0 Å². The van der Waals surface area contributed by atoms with Crippen molar-refractivity contribution < 1.29 is 13.9 Å². The zero-order chi connectivity index (χ0) is 25.7. The monoisotopic (exact) mass is 505 g/mol. The number of primary amides is 1. The summed E-state index contributed by atoms with van der Waals surface area (Å²) < 4.78 is 22.1. The molecule has 3 aromatic carbocycles. The second kappa shape index (κ2) is 8.69. The number of nitrogens with zero attached hydrogens (tertiary/aromatic N) is 3. The van der Waals surface area contributed by atoms with Gasteiger partial charge in [-0.1, -0.05) is 17.7 Å². The van der Waals surface area contributed by atoms with Crippen LogP contribution in [0.5, 0.6) is 5.75 Å². The van der Waals surface area contributed by atoms with Crippen molar-refractivity contribution in [2.45, 2.75) is 6.92 Å². The SMILES string of the molecule is COc1ccc(-n2c(=O)n(C)c3cc(-c4[nH]c(C(N)=O)nc4-c4ccc(F)c(C)c4)ccc32)c(Cl)c1. The fraction of sp³-hybridized carbons (Fsp3) is 0.115. The van der Waals surface area contributed by atoms with E-state index in [2.05, 4.69) is 9.97 Å². The molecule has 1 amide bonds. The highest BCUT2D eigenvalue weighted by molar-refractivity contribution is 6.32. The first-order valence-electron chi connectivity index (χ1n) is 10.9. The van der Waals surface area contributed by atoms with Gasteiger partial charge >= 0.3 is 5.69 Å². The number of rotatable bonds is 5. The number of H-pyrrole nitrogens is 1. The summed E-state index contributed by atoms with van der Waals surface area (Å²) >= 11 is 6.46. The topological polar surface area (TPSA) is 108 Å². The number of imidazole rings is 2. The van der Waals surface area contributed by atoms with Crippen LogP contribution in [0.15, 0.2) is 59.4 Å². The van der Waals surface area contributed by atoms with Gasteiger partial charge in [0, 0.05) is 24.2 Å². The highest BCUT2D eigenvalue weighted by Gasteiger charge is 2.20. The van der Waals surface area contributed by atoms with Crippen molar-refractivity contribution in [3.8, 4) is 34.0 Å². The first kappa shape index (κ1) is 23.4. The lowest BCUT2D eigenvalue weighted by atomic mass is 10.0. The van der Waals surface area contributed by atoms with Crippen LogP contribution >= 0.6 is 11.6 Å². The molecule has 182 valence electrons. The molecule has 0 saturated carbocycles. The Morgan fingerprint density at radius 1 is 1.08 bits per heavy atom. The second-order valence-corrected chi connectivity index (χ2v) is 8.74. The molecule has 0 aliphatic heterocycles. The first-order chi connectivity index (χ1) is 17.2. The lowest BCUT2D eigenvalue weighted by Gasteiger charge is -2.09. The highest BCUT2D eigenvalue weighted by Crippen LogP contribution is 2.34. The summed E-state index contributed by atoms with van der Waals surface area (Å²) in [6.45, 7) is 1.65. The largest absolute Gasteiger partial charge is 0.497 e. The number of ether oxygens (including phenoxy) is 1. The van der Waals surface area contributed by atoms with Crippen molar-refractivity contribution in [1.82, 2.24) is 19.1 Å². The molecule has 2 heterocycles. The average Bonchev–Trinajstić information content (AvgIpc) is 3.41. The number of fused-ring (bicyclic) bond motifs is 1. The number of aromatic nitrogens is 4. The van der Waals surface area contributed by atoms with Gasteiger partial charge in [0.25, 0.3) is 5.91 Å². The summed E-state index contributed by atoms with van der Waals surface area (Å²) in [5.41, 5.74) is 9.63. The molecule has 2 aromatic heterocycles. The Morgan fingerprint density at radius 3 is 2.50 bits per heavy atom. The third kappa shape index (κ3) is 3.74. The van der Waals surface area contributed by atoms with Crippen molar-refractivity contribution in [2.24, 2.45) is 12.8 Å². The Labute approximate surface area is 209 Å². The van der Waals surface area contributed by atoms with Gasteiger partial charge in [-0.15, -0.1) is 0 Å². The van der Waals surface area contributed by atoms with Crippen LogP contribution in [-0.2, 0) is 7.05 Å². The number of nitrogens with two attached hydrogens (primary N) is 1. The number of carbonyl (C=O) groups excluding carboxylic acids is 1. The van der Waals surface area contributed by atoms with Crippen LogP contribution in [-0.4, -0.2) is 32.1 Å². The Kier molecular flexibility index (Phi) is 5.64. The normalized spacial score (nSPS) is 11.2. The molecular formula is C26H21ClFN5O3. The summed E-state index contributed by atoms with van der Waals surface area (Å²) in [5.74, 6) is -0.526. The zero-order valence-electron chi connectivity index (χ0n) is 19.6. The second-order valence-electron chi connectivity index (χ2n) is 8.34. The summed E-state index contributed by atoms with van der Waals surface area (Å²) in [7, 11) is 3.20. The standard InChI is InChI=1S/C26H21ClFN5O3/c1-13-10-14(4-7-18(13)28)22-23(31-25(30-22)24(29)34)15-5-8-20-21(11-15)32(2)26(35)33(20)19-9-6-16(36-3)12-17(19)27/h4-12H,1-3H3,(H2,29,34)(H,30,31). The van der Waals surface area contributed by atoms with Crippen molar-refractivity contribution in [3.63, 3.8) is 0 Å². The molecule has 8 nitrogen and oxygen atoms in total. The number of halogens is 2. The van der Waals surface area contributed by atoms with Gasteiger partial charge in [-0.3, -0.25) is 13.9 Å². The molecule has 0 atom stereocenters. The van der Waals surface area contributed by atoms with Gasteiger partial charge < -0.3 is 15.5 Å². The number of benzene rings is 3. The lowest BCUT2D eigenvalue weighted by molar-refractivity contribution is 0.0991. The number of hydrogen-bond donors (Lipinski definition) is 2. The molecule has 0 aliphatic carbocycles. The van der Waals surface area contributed by atoms with E-state index in [1.807, 2.05) is 6.07 Å². The van der Waals surface area contributed by atoms with E-state index in [9.17, 15) is 14.0 Å². The van der Waals surface area contributed by atoms with E-state index >= 15 is 0 Å². The Bertz CT molecular complexity index is 1730. The molecule has 0 radical (unpaired) electrons. The van der Waals surface area contributed by atoms with Gasteiger partial charge in [0.1, 0.15) is 11.6 Å². The quantitative estimate of drug-likeness (QED) is 0.364. The zero-order valence-corrected chi connectivity index (χ0v) is 20.4. The van der Waals surface area contributed by atoms with E-state index in [1.54, 1.807) is 56.4 Å².